The number of rotatable bonds is 7. The molecule has 5 nitrogen and oxygen atoms in total. The molecule has 2 heterocycles. The van der Waals surface area contributed by atoms with E-state index in [1.54, 1.807) is 6.08 Å². The Morgan fingerprint density at radius 1 is 1.43 bits per heavy atom. The minimum atomic E-state index is -0.526. The molecule has 0 bridgehead atoms. The molecule has 1 amide bonds. The van der Waals surface area contributed by atoms with Crippen molar-refractivity contribution in [3.63, 3.8) is 0 Å². The van der Waals surface area contributed by atoms with E-state index >= 15 is 0 Å². The molecule has 124 valence electrons. The van der Waals surface area contributed by atoms with Crippen LogP contribution >= 0.6 is 11.6 Å². The summed E-state index contributed by atoms with van der Waals surface area (Å²) < 4.78 is 1.81. The number of hydrogen-bond acceptors (Lipinski definition) is 3. The van der Waals surface area contributed by atoms with Crippen molar-refractivity contribution < 1.29 is 9.90 Å². The van der Waals surface area contributed by atoms with Crippen molar-refractivity contribution in [1.29, 1.82) is 0 Å². The van der Waals surface area contributed by atoms with Gasteiger partial charge in [-0.25, -0.2) is 4.98 Å². The molecule has 1 unspecified atom stereocenters. The Bertz CT molecular complexity index is 692. The first-order valence-electron chi connectivity index (χ1n) is 7.83. The summed E-state index contributed by atoms with van der Waals surface area (Å²) in [6.45, 7) is 4.31. The Kier molecular flexibility index (Phi) is 6.19. The maximum atomic E-state index is 11.9. The normalized spacial score (nSPS) is 13.1. The molecule has 2 aromatic rings. The van der Waals surface area contributed by atoms with Crippen molar-refractivity contribution >= 4 is 29.2 Å². The lowest BCUT2D eigenvalue weighted by atomic mass is 9.96. The highest BCUT2D eigenvalue weighted by atomic mass is 35.5. The Morgan fingerprint density at radius 3 is 2.87 bits per heavy atom. The number of carbonyl (C=O) groups is 1. The van der Waals surface area contributed by atoms with E-state index in [0.717, 1.165) is 18.5 Å². The van der Waals surface area contributed by atoms with Gasteiger partial charge in [-0.3, -0.25) is 9.20 Å². The molecule has 0 saturated heterocycles. The number of fused-ring (bicyclic) bond motifs is 1. The second-order valence-corrected chi connectivity index (χ2v) is 5.80. The minimum Gasteiger partial charge on any atom is -0.391 e. The fourth-order valence-corrected chi connectivity index (χ4v) is 2.79. The number of nitrogens with zero attached hydrogens (tertiary/aromatic N) is 2. The predicted molar refractivity (Wildman–Crippen MR) is 92.3 cm³/mol. The Labute approximate surface area is 141 Å². The molecule has 2 aromatic heterocycles. The summed E-state index contributed by atoms with van der Waals surface area (Å²) in [4.78, 5) is 16.1. The predicted octanol–water partition coefficient (Wildman–Crippen LogP) is 2.91. The summed E-state index contributed by atoms with van der Waals surface area (Å²) in [5.41, 5.74) is 1.37. The zero-order valence-electron chi connectivity index (χ0n) is 13.4. The standard InChI is InChI=1S/C17H22ClN3O2/c1-3-12(4-2)14(22)11-19-16(23)9-8-13-17(18)20-15-7-5-6-10-21(13)15/h5-10,12,14,22H,3-4,11H2,1-2H3,(H,19,23)/b9-8+. The van der Waals surface area contributed by atoms with Crippen molar-refractivity contribution in [3.8, 4) is 0 Å². The van der Waals surface area contributed by atoms with Gasteiger partial charge in [-0.05, 0) is 24.1 Å². The molecule has 23 heavy (non-hydrogen) atoms. The van der Waals surface area contributed by atoms with Crippen molar-refractivity contribution in [2.24, 2.45) is 5.92 Å². The summed E-state index contributed by atoms with van der Waals surface area (Å²) in [5, 5.41) is 13.1. The van der Waals surface area contributed by atoms with Crippen LogP contribution < -0.4 is 5.32 Å². The summed E-state index contributed by atoms with van der Waals surface area (Å²) in [6, 6.07) is 5.59. The van der Waals surface area contributed by atoms with Crippen LogP contribution in [-0.4, -0.2) is 33.0 Å². The number of nitrogens with one attached hydrogen (secondary N) is 1. The van der Waals surface area contributed by atoms with E-state index in [1.165, 1.54) is 6.08 Å². The van der Waals surface area contributed by atoms with Crippen LogP contribution in [0.15, 0.2) is 30.5 Å². The molecule has 0 aliphatic rings. The Hall–Kier alpha value is -1.85. The third-order valence-corrected chi connectivity index (χ3v) is 4.27. The molecular weight excluding hydrogens is 314 g/mol. The number of pyridine rings is 1. The first-order valence-corrected chi connectivity index (χ1v) is 8.21. The van der Waals surface area contributed by atoms with Crippen LogP contribution in [0.25, 0.3) is 11.7 Å². The maximum Gasteiger partial charge on any atom is 0.244 e. The van der Waals surface area contributed by atoms with Gasteiger partial charge in [0.2, 0.25) is 5.91 Å². The van der Waals surface area contributed by atoms with Crippen molar-refractivity contribution in [2.75, 3.05) is 6.54 Å². The third kappa shape index (κ3) is 4.33. The van der Waals surface area contributed by atoms with Gasteiger partial charge in [0.05, 0.1) is 11.8 Å². The van der Waals surface area contributed by atoms with Crippen LogP contribution in [0.3, 0.4) is 0 Å². The van der Waals surface area contributed by atoms with E-state index in [-0.39, 0.29) is 18.4 Å². The average molecular weight is 336 g/mol. The smallest absolute Gasteiger partial charge is 0.244 e. The lowest BCUT2D eigenvalue weighted by Crippen LogP contribution is -2.35. The van der Waals surface area contributed by atoms with Gasteiger partial charge < -0.3 is 10.4 Å². The van der Waals surface area contributed by atoms with Crippen LogP contribution in [0.4, 0.5) is 0 Å². The number of halogens is 1. The largest absolute Gasteiger partial charge is 0.391 e. The number of hydrogen-bond donors (Lipinski definition) is 2. The Balaban J connectivity index is 1.99. The number of aliphatic hydroxyl groups is 1. The van der Waals surface area contributed by atoms with E-state index in [2.05, 4.69) is 10.3 Å². The van der Waals surface area contributed by atoms with E-state index in [1.807, 2.05) is 42.6 Å². The lowest BCUT2D eigenvalue weighted by molar-refractivity contribution is -0.117. The summed E-state index contributed by atoms with van der Waals surface area (Å²) in [6.07, 6.45) is 6.12. The molecule has 0 aromatic carbocycles. The van der Waals surface area contributed by atoms with Crippen LogP contribution in [0.1, 0.15) is 32.4 Å². The van der Waals surface area contributed by atoms with Crippen molar-refractivity contribution in [2.45, 2.75) is 32.8 Å². The molecule has 2 N–H and O–H groups in total. The van der Waals surface area contributed by atoms with Crippen LogP contribution in [0.2, 0.25) is 5.15 Å². The van der Waals surface area contributed by atoms with Gasteiger partial charge in [-0.2, -0.15) is 0 Å². The third-order valence-electron chi connectivity index (χ3n) is 3.99. The number of carbonyl (C=O) groups excluding carboxylic acids is 1. The Morgan fingerprint density at radius 2 is 2.17 bits per heavy atom. The fraction of sp³-hybridized carbons (Fsp3) is 0.412. The van der Waals surface area contributed by atoms with Gasteiger partial charge in [-0.1, -0.05) is 44.4 Å². The van der Waals surface area contributed by atoms with Gasteiger partial charge in [0.1, 0.15) is 5.65 Å². The molecule has 0 aliphatic carbocycles. The molecule has 0 radical (unpaired) electrons. The first kappa shape index (κ1) is 17.5. The topological polar surface area (TPSA) is 66.6 Å². The van der Waals surface area contributed by atoms with Gasteiger partial charge >= 0.3 is 0 Å². The highest BCUT2D eigenvalue weighted by Gasteiger charge is 2.15. The lowest BCUT2D eigenvalue weighted by Gasteiger charge is -2.19. The zero-order chi connectivity index (χ0) is 16.8. The number of aromatic nitrogens is 2. The fourth-order valence-electron chi connectivity index (χ4n) is 2.55. The molecule has 0 fully saturated rings. The van der Waals surface area contributed by atoms with E-state index in [9.17, 15) is 9.90 Å². The number of amides is 1. The first-order chi connectivity index (χ1) is 11.1. The van der Waals surface area contributed by atoms with E-state index < -0.39 is 6.10 Å². The van der Waals surface area contributed by atoms with Crippen molar-refractivity contribution in [3.05, 3.63) is 41.3 Å². The summed E-state index contributed by atoms with van der Waals surface area (Å²) in [7, 11) is 0. The SMILES string of the molecule is CCC(CC)C(O)CNC(=O)/C=C/c1c(Cl)nc2ccccn12. The zero-order valence-corrected chi connectivity index (χ0v) is 14.1. The molecule has 2 rings (SSSR count). The second-order valence-electron chi connectivity index (χ2n) is 5.44. The molecule has 6 heteroatoms. The average Bonchev–Trinajstić information content (AvgIpc) is 2.87. The molecule has 0 aliphatic heterocycles. The van der Waals surface area contributed by atoms with Gasteiger partial charge in [-0.15, -0.1) is 0 Å². The second kappa shape index (κ2) is 8.13. The van der Waals surface area contributed by atoms with E-state index in [4.69, 9.17) is 11.6 Å². The highest BCUT2D eigenvalue weighted by Crippen LogP contribution is 2.18. The number of imidazole rings is 1. The number of aliphatic hydroxyl groups excluding tert-OH is 1. The maximum absolute atomic E-state index is 11.9. The van der Waals surface area contributed by atoms with Crippen LogP contribution in [-0.2, 0) is 4.79 Å². The van der Waals surface area contributed by atoms with Crippen molar-refractivity contribution in [1.82, 2.24) is 14.7 Å². The molecule has 1 atom stereocenters. The van der Waals surface area contributed by atoms with E-state index in [0.29, 0.717) is 10.8 Å². The van der Waals surface area contributed by atoms with Crippen LogP contribution in [0.5, 0.6) is 0 Å². The van der Waals surface area contributed by atoms with Gasteiger partial charge in [0, 0.05) is 18.8 Å². The summed E-state index contributed by atoms with van der Waals surface area (Å²) >= 11 is 6.10. The molecular formula is C17H22ClN3O2. The summed E-state index contributed by atoms with van der Waals surface area (Å²) in [5.74, 6) is -0.0653. The monoisotopic (exact) mass is 335 g/mol. The van der Waals surface area contributed by atoms with Gasteiger partial charge in [0.25, 0.3) is 0 Å². The molecule has 0 spiro atoms. The highest BCUT2D eigenvalue weighted by molar-refractivity contribution is 6.31. The quantitative estimate of drug-likeness (QED) is 0.764. The minimum absolute atomic E-state index is 0.201. The molecule has 0 saturated carbocycles. The van der Waals surface area contributed by atoms with Crippen LogP contribution in [0, 0.1) is 5.92 Å². The van der Waals surface area contributed by atoms with Gasteiger partial charge in [0.15, 0.2) is 5.15 Å².